The van der Waals surface area contributed by atoms with E-state index in [2.05, 4.69) is 28.0 Å². The molecule has 2 heterocycles. The van der Waals surface area contributed by atoms with Crippen molar-refractivity contribution in [2.45, 2.75) is 6.54 Å². The highest BCUT2D eigenvalue weighted by molar-refractivity contribution is 7.16. The average molecular weight is 323 g/mol. The number of halogens is 1. The first-order chi connectivity index (χ1) is 10.2. The van der Waals surface area contributed by atoms with Crippen LogP contribution in [0.2, 0.25) is 4.34 Å². The maximum absolute atomic E-state index is 5.99. The number of methoxy groups -OCH3 is 1. The van der Waals surface area contributed by atoms with Crippen LogP contribution in [0.3, 0.4) is 0 Å². The third-order valence-corrected chi connectivity index (χ3v) is 5.01. The van der Waals surface area contributed by atoms with Crippen LogP contribution in [0.4, 0.5) is 5.69 Å². The summed E-state index contributed by atoms with van der Waals surface area (Å²) in [7, 11) is 1.71. The fraction of sp³-hybridized carbons (Fsp3) is 0.375. The van der Waals surface area contributed by atoms with E-state index < -0.39 is 0 Å². The molecule has 0 saturated carbocycles. The normalized spacial score (nSPS) is 16.2. The molecule has 5 heteroatoms. The van der Waals surface area contributed by atoms with Gasteiger partial charge in [0.15, 0.2) is 0 Å². The van der Waals surface area contributed by atoms with Gasteiger partial charge in [-0.25, -0.2) is 0 Å². The minimum Gasteiger partial charge on any atom is -0.497 e. The zero-order chi connectivity index (χ0) is 14.7. The average Bonchev–Trinajstić information content (AvgIpc) is 2.93. The lowest BCUT2D eigenvalue weighted by Crippen LogP contribution is -2.45. The minimum atomic E-state index is 0.875. The Balaban J connectivity index is 1.57. The van der Waals surface area contributed by atoms with Gasteiger partial charge in [0.05, 0.1) is 11.4 Å². The summed E-state index contributed by atoms with van der Waals surface area (Å²) in [4.78, 5) is 6.24. The Morgan fingerprint density at radius 2 is 1.95 bits per heavy atom. The van der Waals surface area contributed by atoms with Crippen molar-refractivity contribution in [2.24, 2.45) is 0 Å². The highest BCUT2D eigenvalue weighted by atomic mass is 35.5. The van der Waals surface area contributed by atoms with Crippen LogP contribution in [0, 0.1) is 0 Å². The molecule has 1 fully saturated rings. The zero-order valence-corrected chi connectivity index (χ0v) is 13.7. The molecule has 1 aromatic heterocycles. The van der Waals surface area contributed by atoms with Crippen molar-refractivity contribution >= 4 is 28.6 Å². The van der Waals surface area contributed by atoms with Crippen molar-refractivity contribution in [1.29, 1.82) is 0 Å². The maximum Gasteiger partial charge on any atom is 0.120 e. The molecule has 112 valence electrons. The smallest absolute Gasteiger partial charge is 0.120 e. The topological polar surface area (TPSA) is 15.7 Å². The van der Waals surface area contributed by atoms with E-state index in [1.54, 1.807) is 18.4 Å². The van der Waals surface area contributed by atoms with Gasteiger partial charge in [0.25, 0.3) is 0 Å². The van der Waals surface area contributed by atoms with Crippen molar-refractivity contribution in [3.05, 3.63) is 45.6 Å². The van der Waals surface area contributed by atoms with Crippen molar-refractivity contribution in [3.8, 4) is 5.75 Å². The molecule has 1 aliphatic heterocycles. The molecule has 1 aromatic carbocycles. The first-order valence-electron chi connectivity index (χ1n) is 7.10. The van der Waals surface area contributed by atoms with E-state index in [0.29, 0.717) is 0 Å². The van der Waals surface area contributed by atoms with E-state index >= 15 is 0 Å². The van der Waals surface area contributed by atoms with Crippen molar-refractivity contribution in [1.82, 2.24) is 4.90 Å². The van der Waals surface area contributed by atoms with E-state index in [-0.39, 0.29) is 0 Å². The Morgan fingerprint density at radius 3 is 2.62 bits per heavy atom. The molecule has 0 N–H and O–H groups in total. The van der Waals surface area contributed by atoms with Crippen LogP contribution in [0.1, 0.15) is 4.88 Å². The van der Waals surface area contributed by atoms with Crippen LogP contribution < -0.4 is 9.64 Å². The Hall–Kier alpha value is -1.23. The second kappa shape index (κ2) is 6.69. The molecule has 0 radical (unpaired) electrons. The van der Waals surface area contributed by atoms with E-state index in [1.165, 1.54) is 10.6 Å². The fourth-order valence-corrected chi connectivity index (χ4v) is 3.76. The molecule has 1 saturated heterocycles. The minimum absolute atomic E-state index is 0.875. The molecular formula is C16H19ClN2OS. The van der Waals surface area contributed by atoms with Gasteiger partial charge in [-0.15, -0.1) is 11.3 Å². The van der Waals surface area contributed by atoms with E-state index in [9.17, 15) is 0 Å². The predicted octanol–water partition coefficient (Wildman–Crippen LogP) is 3.73. The zero-order valence-electron chi connectivity index (χ0n) is 12.1. The van der Waals surface area contributed by atoms with Crippen LogP contribution in [0.5, 0.6) is 5.75 Å². The summed E-state index contributed by atoms with van der Waals surface area (Å²) in [5.74, 6) is 0.920. The second-order valence-corrected chi connectivity index (χ2v) is 6.97. The first kappa shape index (κ1) is 14.7. The van der Waals surface area contributed by atoms with Crippen LogP contribution in [-0.2, 0) is 6.54 Å². The van der Waals surface area contributed by atoms with Gasteiger partial charge < -0.3 is 9.64 Å². The molecule has 0 atom stereocenters. The van der Waals surface area contributed by atoms with Crippen LogP contribution >= 0.6 is 22.9 Å². The van der Waals surface area contributed by atoms with Gasteiger partial charge in [0.1, 0.15) is 5.75 Å². The maximum atomic E-state index is 5.99. The molecule has 3 rings (SSSR count). The van der Waals surface area contributed by atoms with Gasteiger partial charge in [-0.05, 0) is 24.3 Å². The molecule has 0 spiro atoms. The summed E-state index contributed by atoms with van der Waals surface area (Å²) in [5.41, 5.74) is 1.24. The molecule has 2 aromatic rings. The lowest BCUT2D eigenvalue weighted by molar-refractivity contribution is 0.252. The van der Waals surface area contributed by atoms with Gasteiger partial charge in [-0.3, -0.25) is 4.90 Å². The first-order valence-corrected chi connectivity index (χ1v) is 8.29. The quantitative estimate of drug-likeness (QED) is 0.853. The number of hydrogen-bond donors (Lipinski definition) is 0. The van der Waals surface area contributed by atoms with Crippen LogP contribution in [-0.4, -0.2) is 38.2 Å². The number of thiophene rings is 1. The number of rotatable bonds is 4. The monoisotopic (exact) mass is 322 g/mol. The highest BCUT2D eigenvalue weighted by Crippen LogP contribution is 2.25. The summed E-state index contributed by atoms with van der Waals surface area (Å²) in [6.07, 6.45) is 0. The Morgan fingerprint density at radius 1 is 1.14 bits per heavy atom. The van der Waals surface area contributed by atoms with Gasteiger partial charge in [0, 0.05) is 49.4 Å². The van der Waals surface area contributed by atoms with Gasteiger partial charge in [0.2, 0.25) is 0 Å². The molecular weight excluding hydrogens is 304 g/mol. The lowest BCUT2D eigenvalue weighted by Gasteiger charge is -2.36. The van der Waals surface area contributed by atoms with Crippen LogP contribution in [0.25, 0.3) is 0 Å². The molecule has 3 nitrogen and oxygen atoms in total. The number of anilines is 1. The van der Waals surface area contributed by atoms with Crippen LogP contribution in [0.15, 0.2) is 36.4 Å². The molecule has 0 bridgehead atoms. The van der Waals surface area contributed by atoms with Crippen molar-refractivity contribution in [3.63, 3.8) is 0 Å². The van der Waals surface area contributed by atoms with Gasteiger partial charge in [-0.1, -0.05) is 17.7 Å². The summed E-state index contributed by atoms with van der Waals surface area (Å²) in [6, 6.07) is 12.4. The van der Waals surface area contributed by atoms with E-state index in [1.807, 2.05) is 18.2 Å². The molecule has 0 unspecified atom stereocenters. The standard InChI is InChI=1S/C16H19ClN2OS/c1-20-14-4-2-3-13(11-14)19-9-7-18(8-10-19)12-15-5-6-16(17)21-15/h2-6,11H,7-10,12H2,1H3. The summed E-state index contributed by atoms with van der Waals surface area (Å²) in [5, 5.41) is 0. The summed E-state index contributed by atoms with van der Waals surface area (Å²) >= 11 is 7.67. The molecule has 21 heavy (non-hydrogen) atoms. The number of piperazine rings is 1. The second-order valence-electron chi connectivity index (χ2n) is 5.17. The SMILES string of the molecule is COc1cccc(N2CCN(Cc3ccc(Cl)s3)CC2)c1. The Bertz CT molecular complexity index is 593. The predicted molar refractivity (Wildman–Crippen MR) is 89.8 cm³/mol. The highest BCUT2D eigenvalue weighted by Gasteiger charge is 2.18. The molecule has 0 aliphatic carbocycles. The largest absolute Gasteiger partial charge is 0.497 e. The molecule has 1 aliphatic rings. The van der Waals surface area contributed by atoms with Gasteiger partial charge in [-0.2, -0.15) is 0 Å². The number of ether oxygens (including phenoxy) is 1. The number of benzene rings is 1. The third-order valence-electron chi connectivity index (χ3n) is 3.80. The number of nitrogens with zero attached hydrogens (tertiary/aromatic N) is 2. The number of hydrogen-bond acceptors (Lipinski definition) is 4. The Labute approximate surface area is 134 Å². The van der Waals surface area contributed by atoms with E-state index in [4.69, 9.17) is 16.3 Å². The Kier molecular flexibility index (Phi) is 4.68. The van der Waals surface area contributed by atoms with Crippen molar-refractivity contribution < 1.29 is 4.74 Å². The third kappa shape index (κ3) is 3.70. The van der Waals surface area contributed by atoms with E-state index in [0.717, 1.165) is 42.8 Å². The van der Waals surface area contributed by atoms with Gasteiger partial charge >= 0.3 is 0 Å². The molecule has 0 amide bonds. The summed E-state index contributed by atoms with van der Waals surface area (Å²) < 4.78 is 6.17. The fourth-order valence-electron chi connectivity index (χ4n) is 2.63. The lowest BCUT2D eigenvalue weighted by atomic mass is 10.2. The van der Waals surface area contributed by atoms with Crippen molar-refractivity contribution in [2.75, 3.05) is 38.2 Å². The summed E-state index contributed by atoms with van der Waals surface area (Å²) in [6.45, 7) is 5.25.